The Morgan fingerprint density at radius 1 is 1.05 bits per heavy atom. The van der Waals surface area contributed by atoms with Crippen molar-refractivity contribution in [1.82, 2.24) is 5.43 Å². The number of unbranched alkanes of at least 4 members (excludes halogenated alkanes) is 3. The largest absolute Gasteiger partial charge is 0.508 e. The molecule has 6 nitrogen and oxygen atoms in total. The normalized spacial score (nSPS) is 10.7. The predicted molar refractivity (Wildman–Crippen MR) is 79.2 cm³/mol. The van der Waals surface area contributed by atoms with Crippen LogP contribution in [0.4, 0.5) is 0 Å². The van der Waals surface area contributed by atoms with Crippen molar-refractivity contribution in [2.24, 2.45) is 5.10 Å². The molecule has 1 rings (SSSR count). The molecule has 0 aliphatic heterocycles. The van der Waals surface area contributed by atoms with Gasteiger partial charge >= 0.3 is 5.97 Å². The van der Waals surface area contributed by atoms with Crippen molar-refractivity contribution in [1.29, 1.82) is 0 Å². The molecule has 0 spiro atoms. The summed E-state index contributed by atoms with van der Waals surface area (Å²) in [5.74, 6) is -0.765. The summed E-state index contributed by atoms with van der Waals surface area (Å²) in [7, 11) is 0. The van der Waals surface area contributed by atoms with Crippen LogP contribution in [0, 0.1) is 0 Å². The Labute approximate surface area is 123 Å². The van der Waals surface area contributed by atoms with Crippen LogP contribution in [0.15, 0.2) is 29.4 Å². The molecule has 0 heterocycles. The number of carbonyl (C=O) groups is 2. The number of rotatable bonds is 9. The maximum absolute atomic E-state index is 11.5. The van der Waals surface area contributed by atoms with Gasteiger partial charge < -0.3 is 10.2 Å². The number of aromatic hydroxyl groups is 1. The predicted octanol–water partition coefficient (Wildman–Crippen LogP) is 2.27. The van der Waals surface area contributed by atoms with Gasteiger partial charge in [-0.15, -0.1) is 0 Å². The number of nitrogens with one attached hydrogen (secondary N) is 1. The molecule has 0 bridgehead atoms. The van der Waals surface area contributed by atoms with E-state index in [1.165, 1.54) is 6.21 Å². The first-order chi connectivity index (χ1) is 10.1. The molecule has 0 saturated heterocycles. The lowest BCUT2D eigenvalue weighted by molar-refractivity contribution is -0.137. The van der Waals surface area contributed by atoms with E-state index in [1.54, 1.807) is 24.3 Å². The molecule has 0 atom stereocenters. The molecule has 114 valence electrons. The molecular weight excluding hydrogens is 272 g/mol. The number of hydrogen-bond acceptors (Lipinski definition) is 4. The van der Waals surface area contributed by atoms with Crippen molar-refractivity contribution in [2.45, 2.75) is 38.5 Å². The molecule has 6 heteroatoms. The van der Waals surface area contributed by atoms with Crippen LogP contribution in [0.1, 0.15) is 44.1 Å². The van der Waals surface area contributed by atoms with Gasteiger partial charge in [-0.25, -0.2) is 5.43 Å². The molecule has 3 N–H and O–H groups in total. The van der Waals surface area contributed by atoms with E-state index in [-0.39, 0.29) is 18.1 Å². The number of aliphatic carboxylic acids is 1. The molecule has 21 heavy (non-hydrogen) atoms. The van der Waals surface area contributed by atoms with Crippen molar-refractivity contribution < 1.29 is 19.8 Å². The number of nitrogens with zero attached hydrogens (tertiary/aromatic N) is 1. The zero-order valence-corrected chi connectivity index (χ0v) is 11.8. The highest BCUT2D eigenvalue weighted by molar-refractivity contribution is 5.82. The molecule has 1 aromatic rings. The third-order valence-electron chi connectivity index (χ3n) is 2.84. The van der Waals surface area contributed by atoms with Crippen molar-refractivity contribution in [2.75, 3.05) is 0 Å². The van der Waals surface area contributed by atoms with Gasteiger partial charge in [0.15, 0.2) is 0 Å². The lowest BCUT2D eigenvalue weighted by Crippen LogP contribution is -2.16. The van der Waals surface area contributed by atoms with Gasteiger partial charge in [0.05, 0.1) is 6.21 Å². The maximum atomic E-state index is 11.5. The van der Waals surface area contributed by atoms with Crippen LogP contribution in [-0.2, 0) is 9.59 Å². The van der Waals surface area contributed by atoms with Gasteiger partial charge in [0.1, 0.15) is 5.75 Å². The second-order valence-electron chi connectivity index (χ2n) is 4.69. The van der Waals surface area contributed by atoms with E-state index in [2.05, 4.69) is 10.5 Å². The summed E-state index contributed by atoms with van der Waals surface area (Å²) < 4.78 is 0. The lowest BCUT2D eigenvalue weighted by Gasteiger charge is -2.00. The number of carboxylic acids is 1. The number of phenols is 1. The summed E-state index contributed by atoms with van der Waals surface area (Å²) in [6, 6.07) is 6.46. The lowest BCUT2D eigenvalue weighted by atomic mass is 10.1. The minimum absolute atomic E-state index is 0.164. The highest BCUT2D eigenvalue weighted by atomic mass is 16.4. The molecule has 0 aromatic heterocycles. The van der Waals surface area contributed by atoms with Crippen molar-refractivity contribution in [3.8, 4) is 5.75 Å². The Balaban J connectivity index is 2.11. The standard InChI is InChI=1S/C15H20N2O4/c18-13-9-7-12(8-10-13)11-16-17-14(19)5-3-1-2-4-6-15(20)21/h7-11,18H,1-6H2,(H,17,19)(H,20,21)/b16-11+. The van der Waals surface area contributed by atoms with Gasteiger partial charge in [-0.2, -0.15) is 5.10 Å². The highest BCUT2D eigenvalue weighted by Gasteiger charge is 2.00. The second kappa shape index (κ2) is 9.52. The fraction of sp³-hybridized carbons (Fsp3) is 0.400. The van der Waals surface area contributed by atoms with Gasteiger partial charge in [-0.1, -0.05) is 12.8 Å². The number of phenolic OH excluding ortho intramolecular Hbond substituents is 1. The average Bonchev–Trinajstić information content (AvgIpc) is 2.44. The Kier molecular flexibility index (Phi) is 7.56. The fourth-order valence-electron chi connectivity index (χ4n) is 1.71. The molecule has 0 saturated carbocycles. The number of hydrogen-bond donors (Lipinski definition) is 3. The highest BCUT2D eigenvalue weighted by Crippen LogP contribution is 2.08. The summed E-state index contributed by atoms with van der Waals surface area (Å²) >= 11 is 0. The van der Waals surface area contributed by atoms with E-state index in [0.29, 0.717) is 12.8 Å². The van der Waals surface area contributed by atoms with Gasteiger partial charge in [0.2, 0.25) is 5.91 Å². The van der Waals surface area contributed by atoms with Crippen molar-refractivity contribution in [3.05, 3.63) is 29.8 Å². The molecule has 0 unspecified atom stereocenters. The van der Waals surface area contributed by atoms with E-state index < -0.39 is 5.97 Å². The molecule has 0 fully saturated rings. The summed E-state index contributed by atoms with van der Waals surface area (Å²) in [6.07, 6.45) is 5.09. The van der Waals surface area contributed by atoms with Crippen LogP contribution in [0.25, 0.3) is 0 Å². The Morgan fingerprint density at radius 2 is 1.67 bits per heavy atom. The maximum Gasteiger partial charge on any atom is 0.303 e. The fourth-order valence-corrected chi connectivity index (χ4v) is 1.71. The molecule has 1 aromatic carbocycles. The number of amides is 1. The first-order valence-corrected chi connectivity index (χ1v) is 6.90. The third kappa shape index (κ3) is 8.41. The zero-order valence-electron chi connectivity index (χ0n) is 11.8. The monoisotopic (exact) mass is 292 g/mol. The SMILES string of the molecule is O=C(O)CCCCCCC(=O)N/N=C/c1ccc(O)cc1. The van der Waals surface area contributed by atoms with E-state index in [4.69, 9.17) is 10.2 Å². The van der Waals surface area contributed by atoms with Gasteiger partial charge in [-0.05, 0) is 42.7 Å². The van der Waals surface area contributed by atoms with E-state index in [9.17, 15) is 9.59 Å². The van der Waals surface area contributed by atoms with Crippen LogP contribution in [0.5, 0.6) is 5.75 Å². The van der Waals surface area contributed by atoms with Gasteiger partial charge in [0.25, 0.3) is 0 Å². The first-order valence-electron chi connectivity index (χ1n) is 6.90. The third-order valence-corrected chi connectivity index (χ3v) is 2.84. The topological polar surface area (TPSA) is 99.0 Å². The minimum Gasteiger partial charge on any atom is -0.508 e. The van der Waals surface area contributed by atoms with Crippen molar-refractivity contribution in [3.63, 3.8) is 0 Å². The summed E-state index contributed by atoms with van der Waals surface area (Å²) in [5, 5.41) is 21.4. The number of carbonyl (C=O) groups excluding carboxylic acids is 1. The van der Waals surface area contributed by atoms with Crippen molar-refractivity contribution >= 4 is 18.1 Å². The quantitative estimate of drug-likeness (QED) is 0.369. The van der Waals surface area contributed by atoms with E-state index in [1.807, 2.05) is 0 Å². The summed E-state index contributed by atoms with van der Waals surface area (Å²) in [4.78, 5) is 21.8. The van der Waals surface area contributed by atoms with E-state index in [0.717, 1.165) is 24.8 Å². The number of carboxylic acid groups (broad SMARTS) is 1. The number of hydrazone groups is 1. The Bertz CT molecular complexity index is 483. The Morgan fingerprint density at radius 3 is 2.29 bits per heavy atom. The number of benzene rings is 1. The smallest absolute Gasteiger partial charge is 0.303 e. The van der Waals surface area contributed by atoms with E-state index >= 15 is 0 Å². The molecule has 0 aliphatic rings. The summed E-state index contributed by atoms with van der Waals surface area (Å²) in [6.45, 7) is 0. The molecule has 1 amide bonds. The van der Waals surface area contributed by atoms with Gasteiger partial charge in [-0.3, -0.25) is 9.59 Å². The second-order valence-corrected chi connectivity index (χ2v) is 4.69. The summed E-state index contributed by atoms with van der Waals surface area (Å²) in [5.41, 5.74) is 3.21. The zero-order chi connectivity index (χ0) is 15.5. The Hall–Kier alpha value is -2.37. The molecule has 0 radical (unpaired) electrons. The van der Waals surface area contributed by atoms with Crippen LogP contribution < -0.4 is 5.43 Å². The molecule has 0 aliphatic carbocycles. The van der Waals surface area contributed by atoms with Gasteiger partial charge in [0, 0.05) is 12.8 Å². The molecular formula is C15H20N2O4. The minimum atomic E-state index is -0.781. The van der Waals surface area contributed by atoms with Crippen LogP contribution in [0.3, 0.4) is 0 Å². The average molecular weight is 292 g/mol. The van der Waals surface area contributed by atoms with Crippen LogP contribution in [0.2, 0.25) is 0 Å². The van der Waals surface area contributed by atoms with Crippen LogP contribution >= 0.6 is 0 Å². The van der Waals surface area contributed by atoms with Crippen LogP contribution in [-0.4, -0.2) is 28.3 Å². The first kappa shape index (κ1) is 16.7.